The van der Waals surface area contributed by atoms with E-state index in [1.165, 1.54) is 12.8 Å². The summed E-state index contributed by atoms with van der Waals surface area (Å²) < 4.78 is 0. The Kier molecular flexibility index (Phi) is 11.1. The second-order valence-electron chi connectivity index (χ2n) is 3.39. The summed E-state index contributed by atoms with van der Waals surface area (Å²) in [6.07, 6.45) is 4.62. The second kappa shape index (κ2) is 9.16. The van der Waals surface area contributed by atoms with Crippen LogP contribution < -0.4 is 0 Å². The molecule has 1 radical (unpaired) electrons. The van der Waals surface area contributed by atoms with Crippen LogP contribution in [0.25, 0.3) is 0 Å². The number of carbonyl (C=O) groups is 1. The van der Waals surface area contributed by atoms with Crippen LogP contribution in [0.1, 0.15) is 46.0 Å². The van der Waals surface area contributed by atoms with E-state index in [0.717, 1.165) is 18.8 Å². The van der Waals surface area contributed by atoms with Gasteiger partial charge in [0.15, 0.2) is 0 Å². The van der Waals surface area contributed by atoms with Crippen molar-refractivity contribution in [1.82, 2.24) is 0 Å². The van der Waals surface area contributed by atoms with Crippen molar-refractivity contribution in [3.05, 3.63) is 0 Å². The van der Waals surface area contributed by atoms with Crippen molar-refractivity contribution in [2.75, 3.05) is 0 Å². The molecule has 0 spiro atoms. The maximum atomic E-state index is 10.1. The first-order valence-electron chi connectivity index (χ1n) is 4.34. The smallest absolute Gasteiger partial charge is 0.303 e. The first-order valence-corrected chi connectivity index (χ1v) is 4.34. The van der Waals surface area contributed by atoms with E-state index in [1.54, 1.807) is 0 Å². The molecule has 0 fully saturated rings. The van der Waals surface area contributed by atoms with E-state index in [2.05, 4.69) is 13.8 Å². The van der Waals surface area contributed by atoms with Crippen LogP contribution in [0.2, 0.25) is 0 Å². The Bertz CT molecular complexity index is 113. The van der Waals surface area contributed by atoms with Gasteiger partial charge in [0.05, 0.1) is 0 Å². The molecule has 0 aromatic carbocycles. The Morgan fingerprint density at radius 3 is 2.25 bits per heavy atom. The van der Waals surface area contributed by atoms with Crippen LogP contribution in [-0.2, 0) is 4.79 Å². The van der Waals surface area contributed by atoms with E-state index in [1.807, 2.05) is 0 Å². The number of hydrogen-bond donors (Lipinski definition) is 1. The van der Waals surface area contributed by atoms with Crippen LogP contribution in [0.5, 0.6) is 0 Å². The Balaban J connectivity index is 0. The molecule has 0 aliphatic heterocycles. The SMILES string of the molecule is CC(C)CCCCCC(=O)O.[Li]. The van der Waals surface area contributed by atoms with Gasteiger partial charge in [-0.2, -0.15) is 0 Å². The molecular weight excluding hydrogens is 147 g/mol. The Labute approximate surface area is 86.9 Å². The number of unbranched alkanes of at least 4 members (excludes halogenated alkanes) is 2. The molecule has 0 unspecified atom stereocenters. The molecule has 0 heterocycles. The number of aliphatic carboxylic acids is 1. The van der Waals surface area contributed by atoms with Gasteiger partial charge in [0.25, 0.3) is 0 Å². The number of rotatable bonds is 6. The monoisotopic (exact) mass is 165 g/mol. The van der Waals surface area contributed by atoms with Gasteiger partial charge in [0.2, 0.25) is 0 Å². The van der Waals surface area contributed by atoms with Gasteiger partial charge in [0.1, 0.15) is 0 Å². The third kappa shape index (κ3) is 12.7. The van der Waals surface area contributed by atoms with Crippen LogP contribution in [0.4, 0.5) is 0 Å². The van der Waals surface area contributed by atoms with Crippen LogP contribution in [-0.4, -0.2) is 29.9 Å². The maximum absolute atomic E-state index is 10.1. The van der Waals surface area contributed by atoms with Crippen molar-refractivity contribution in [1.29, 1.82) is 0 Å². The van der Waals surface area contributed by atoms with E-state index in [-0.39, 0.29) is 18.9 Å². The average Bonchev–Trinajstić information content (AvgIpc) is 1.85. The zero-order valence-corrected chi connectivity index (χ0v) is 8.47. The first kappa shape index (κ1) is 14.6. The van der Waals surface area contributed by atoms with Gasteiger partial charge >= 0.3 is 5.97 Å². The van der Waals surface area contributed by atoms with Gasteiger partial charge < -0.3 is 5.11 Å². The van der Waals surface area contributed by atoms with E-state index < -0.39 is 5.97 Å². The second-order valence-corrected chi connectivity index (χ2v) is 3.39. The summed E-state index contributed by atoms with van der Waals surface area (Å²) in [7, 11) is 0. The van der Waals surface area contributed by atoms with Crippen LogP contribution in [0, 0.1) is 5.92 Å². The minimum atomic E-state index is -0.672. The summed E-state index contributed by atoms with van der Waals surface area (Å²) in [5, 5.41) is 8.32. The fourth-order valence-electron chi connectivity index (χ4n) is 1.01. The minimum Gasteiger partial charge on any atom is -0.481 e. The zero-order valence-electron chi connectivity index (χ0n) is 8.47. The molecule has 0 saturated carbocycles. The molecule has 1 N–H and O–H groups in total. The molecule has 0 aromatic rings. The molecule has 2 nitrogen and oxygen atoms in total. The van der Waals surface area contributed by atoms with Gasteiger partial charge in [-0.1, -0.05) is 33.1 Å². The molecule has 0 aliphatic carbocycles. The molecule has 0 bridgehead atoms. The van der Waals surface area contributed by atoms with Crippen molar-refractivity contribution in [2.45, 2.75) is 46.0 Å². The van der Waals surface area contributed by atoms with Gasteiger partial charge in [0, 0.05) is 25.3 Å². The Morgan fingerprint density at radius 2 is 1.83 bits per heavy atom. The molecular formula is C9H18LiO2. The average molecular weight is 165 g/mol. The third-order valence-corrected chi connectivity index (χ3v) is 1.67. The largest absolute Gasteiger partial charge is 0.481 e. The molecule has 0 saturated heterocycles. The van der Waals surface area contributed by atoms with Gasteiger partial charge in [-0.25, -0.2) is 0 Å². The summed E-state index contributed by atoms with van der Waals surface area (Å²) in [5.41, 5.74) is 0. The predicted octanol–water partition coefficient (Wildman–Crippen LogP) is 2.30. The van der Waals surface area contributed by atoms with Crippen molar-refractivity contribution < 1.29 is 9.90 Å². The van der Waals surface area contributed by atoms with Crippen molar-refractivity contribution in [3.63, 3.8) is 0 Å². The number of carboxylic acids is 1. The predicted molar refractivity (Wildman–Crippen MR) is 51.3 cm³/mol. The standard InChI is InChI=1S/C9H18O2.Li/c1-8(2)6-4-3-5-7-9(10)11;/h8H,3-7H2,1-2H3,(H,10,11);. The Hall–Kier alpha value is 0.0674. The van der Waals surface area contributed by atoms with Crippen molar-refractivity contribution >= 4 is 24.8 Å². The molecule has 0 aromatic heterocycles. The summed E-state index contributed by atoms with van der Waals surface area (Å²) in [5.74, 6) is 0.0781. The topological polar surface area (TPSA) is 37.3 Å². The fourth-order valence-corrected chi connectivity index (χ4v) is 1.01. The molecule has 0 amide bonds. The quantitative estimate of drug-likeness (QED) is 0.484. The third-order valence-electron chi connectivity index (χ3n) is 1.67. The molecule has 0 aliphatic rings. The van der Waals surface area contributed by atoms with Crippen molar-refractivity contribution in [2.24, 2.45) is 5.92 Å². The van der Waals surface area contributed by atoms with Gasteiger partial charge in [-0.05, 0) is 12.3 Å². The van der Waals surface area contributed by atoms with E-state index in [4.69, 9.17) is 5.11 Å². The summed E-state index contributed by atoms with van der Waals surface area (Å²) in [6, 6.07) is 0. The molecule has 3 heteroatoms. The zero-order chi connectivity index (χ0) is 8.69. The first-order chi connectivity index (χ1) is 5.13. The van der Waals surface area contributed by atoms with Crippen molar-refractivity contribution in [3.8, 4) is 0 Å². The number of carboxylic acid groups (broad SMARTS) is 1. The van der Waals surface area contributed by atoms with E-state index in [0.29, 0.717) is 6.42 Å². The van der Waals surface area contributed by atoms with E-state index >= 15 is 0 Å². The minimum absolute atomic E-state index is 0. The van der Waals surface area contributed by atoms with E-state index in [9.17, 15) is 4.79 Å². The van der Waals surface area contributed by atoms with Crippen LogP contribution >= 0.6 is 0 Å². The Morgan fingerprint density at radius 1 is 1.25 bits per heavy atom. The maximum Gasteiger partial charge on any atom is 0.303 e. The summed E-state index contributed by atoms with van der Waals surface area (Å²) in [4.78, 5) is 10.1. The summed E-state index contributed by atoms with van der Waals surface area (Å²) >= 11 is 0. The molecule has 67 valence electrons. The fraction of sp³-hybridized carbons (Fsp3) is 0.889. The summed E-state index contributed by atoms with van der Waals surface area (Å²) in [6.45, 7) is 4.38. The molecule has 0 atom stereocenters. The molecule has 0 rings (SSSR count). The normalized spacial score (nSPS) is 9.58. The van der Waals surface area contributed by atoms with Gasteiger partial charge in [-0.15, -0.1) is 0 Å². The van der Waals surface area contributed by atoms with Gasteiger partial charge in [-0.3, -0.25) is 4.79 Å². The van der Waals surface area contributed by atoms with Crippen LogP contribution in [0.3, 0.4) is 0 Å². The molecule has 12 heavy (non-hydrogen) atoms. The number of hydrogen-bond acceptors (Lipinski definition) is 1. The van der Waals surface area contributed by atoms with Crippen LogP contribution in [0.15, 0.2) is 0 Å².